The number of methoxy groups -OCH3 is 1. The summed E-state index contributed by atoms with van der Waals surface area (Å²) in [5.41, 5.74) is 1.84. The molecule has 0 bridgehead atoms. The van der Waals surface area contributed by atoms with Crippen LogP contribution in [-0.2, 0) is 4.74 Å². The summed E-state index contributed by atoms with van der Waals surface area (Å²) in [7, 11) is 1.70. The Bertz CT molecular complexity index is 499. The number of benzene rings is 1. The van der Waals surface area contributed by atoms with Gasteiger partial charge in [-0.05, 0) is 30.7 Å². The molecule has 2 aromatic rings. The Morgan fingerprint density at radius 3 is 2.53 bits per heavy atom. The maximum absolute atomic E-state index is 5.85. The summed E-state index contributed by atoms with van der Waals surface area (Å²) in [4.78, 5) is 0. The van der Waals surface area contributed by atoms with Crippen LogP contribution in [0.4, 0.5) is 5.82 Å². The first-order chi connectivity index (χ1) is 9.29. The summed E-state index contributed by atoms with van der Waals surface area (Å²) in [5, 5.41) is 12.2. The molecule has 0 aliphatic carbocycles. The lowest BCUT2D eigenvalue weighted by Crippen LogP contribution is -2.06. The fraction of sp³-hybridized carbons (Fsp3) is 0.286. The van der Waals surface area contributed by atoms with Gasteiger partial charge in [-0.25, -0.2) is 0 Å². The molecule has 5 heteroatoms. The Kier molecular flexibility index (Phi) is 5.12. The highest BCUT2D eigenvalue weighted by Crippen LogP contribution is 2.19. The SMILES string of the molecule is COCCCNc1ccc(-c2ccc(Cl)cc2)nn1. The summed E-state index contributed by atoms with van der Waals surface area (Å²) in [6.07, 6.45) is 0.942. The first-order valence-corrected chi connectivity index (χ1v) is 6.50. The zero-order chi connectivity index (χ0) is 13.5. The normalized spacial score (nSPS) is 10.4. The van der Waals surface area contributed by atoms with Crippen molar-refractivity contribution in [2.24, 2.45) is 0 Å². The minimum Gasteiger partial charge on any atom is -0.385 e. The summed E-state index contributed by atoms with van der Waals surface area (Å²) in [6.45, 7) is 1.56. The average Bonchev–Trinajstić information content (AvgIpc) is 2.45. The summed E-state index contributed by atoms with van der Waals surface area (Å²) in [5.74, 6) is 0.772. The topological polar surface area (TPSA) is 47.0 Å². The van der Waals surface area contributed by atoms with Gasteiger partial charge in [-0.15, -0.1) is 10.2 Å². The van der Waals surface area contributed by atoms with E-state index in [9.17, 15) is 0 Å². The highest BCUT2D eigenvalue weighted by Gasteiger charge is 2.01. The third-order valence-electron chi connectivity index (χ3n) is 2.64. The molecule has 0 amide bonds. The van der Waals surface area contributed by atoms with E-state index in [1.54, 1.807) is 7.11 Å². The van der Waals surface area contributed by atoms with E-state index in [1.807, 2.05) is 36.4 Å². The van der Waals surface area contributed by atoms with Crippen molar-refractivity contribution >= 4 is 17.4 Å². The van der Waals surface area contributed by atoms with Gasteiger partial charge in [0.1, 0.15) is 5.82 Å². The molecule has 1 aromatic heterocycles. The van der Waals surface area contributed by atoms with E-state index in [2.05, 4.69) is 15.5 Å². The molecule has 0 spiro atoms. The Morgan fingerprint density at radius 2 is 1.89 bits per heavy atom. The molecule has 0 fully saturated rings. The number of halogens is 1. The lowest BCUT2D eigenvalue weighted by atomic mass is 10.1. The van der Waals surface area contributed by atoms with E-state index in [0.717, 1.165) is 36.6 Å². The van der Waals surface area contributed by atoms with Gasteiger partial charge in [-0.1, -0.05) is 23.7 Å². The van der Waals surface area contributed by atoms with Crippen LogP contribution < -0.4 is 5.32 Å². The first-order valence-electron chi connectivity index (χ1n) is 6.12. The Morgan fingerprint density at radius 1 is 1.11 bits per heavy atom. The number of hydrogen-bond acceptors (Lipinski definition) is 4. The summed E-state index contributed by atoms with van der Waals surface area (Å²) < 4.78 is 4.98. The summed E-state index contributed by atoms with van der Waals surface area (Å²) in [6, 6.07) is 11.4. The maximum Gasteiger partial charge on any atom is 0.148 e. The second-order valence-corrected chi connectivity index (χ2v) is 4.52. The largest absolute Gasteiger partial charge is 0.385 e. The van der Waals surface area contributed by atoms with Gasteiger partial charge >= 0.3 is 0 Å². The van der Waals surface area contributed by atoms with Gasteiger partial charge in [0.05, 0.1) is 5.69 Å². The van der Waals surface area contributed by atoms with Gasteiger partial charge in [-0.2, -0.15) is 0 Å². The van der Waals surface area contributed by atoms with E-state index >= 15 is 0 Å². The van der Waals surface area contributed by atoms with Crippen LogP contribution in [0, 0.1) is 0 Å². The number of nitrogens with zero attached hydrogens (tertiary/aromatic N) is 2. The lowest BCUT2D eigenvalue weighted by molar-refractivity contribution is 0.197. The predicted molar refractivity (Wildman–Crippen MR) is 77.5 cm³/mol. The minimum absolute atomic E-state index is 0.716. The molecule has 0 radical (unpaired) electrons. The van der Waals surface area contributed by atoms with Crippen LogP contribution in [0.25, 0.3) is 11.3 Å². The molecule has 100 valence electrons. The summed E-state index contributed by atoms with van der Waals surface area (Å²) >= 11 is 5.85. The minimum atomic E-state index is 0.716. The second-order valence-electron chi connectivity index (χ2n) is 4.08. The Hall–Kier alpha value is -1.65. The van der Waals surface area contributed by atoms with Gasteiger partial charge in [0, 0.05) is 30.8 Å². The van der Waals surface area contributed by atoms with Crippen molar-refractivity contribution in [2.45, 2.75) is 6.42 Å². The van der Waals surface area contributed by atoms with Gasteiger partial charge in [-0.3, -0.25) is 0 Å². The quantitative estimate of drug-likeness (QED) is 0.824. The van der Waals surface area contributed by atoms with E-state index in [0.29, 0.717) is 5.02 Å². The van der Waals surface area contributed by atoms with Crippen LogP contribution in [-0.4, -0.2) is 30.5 Å². The molecule has 0 atom stereocenters. The number of nitrogens with one attached hydrogen (secondary N) is 1. The Labute approximate surface area is 117 Å². The van der Waals surface area contributed by atoms with Crippen LogP contribution >= 0.6 is 11.6 Å². The van der Waals surface area contributed by atoms with Crippen molar-refractivity contribution in [3.63, 3.8) is 0 Å². The molecular weight excluding hydrogens is 262 g/mol. The van der Waals surface area contributed by atoms with E-state index in [4.69, 9.17) is 16.3 Å². The van der Waals surface area contributed by atoms with Crippen molar-refractivity contribution in [3.05, 3.63) is 41.4 Å². The molecule has 19 heavy (non-hydrogen) atoms. The number of anilines is 1. The van der Waals surface area contributed by atoms with Crippen molar-refractivity contribution in [1.82, 2.24) is 10.2 Å². The zero-order valence-corrected chi connectivity index (χ0v) is 11.5. The number of aromatic nitrogens is 2. The zero-order valence-electron chi connectivity index (χ0n) is 10.8. The predicted octanol–water partition coefficient (Wildman–Crippen LogP) is 3.25. The fourth-order valence-corrected chi connectivity index (χ4v) is 1.76. The van der Waals surface area contributed by atoms with Crippen molar-refractivity contribution in [1.29, 1.82) is 0 Å². The van der Waals surface area contributed by atoms with E-state index in [1.165, 1.54) is 0 Å². The molecule has 0 aliphatic rings. The molecule has 1 heterocycles. The molecule has 0 saturated carbocycles. The monoisotopic (exact) mass is 277 g/mol. The number of rotatable bonds is 6. The van der Waals surface area contributed by atoms with Crippen molar-refractivity contribution in [3.8, 4) is 11.3 Å². The van der Waals surface area contributed by atoms with Crippen molar-refractivity contribution < 1.29 is 4.74 Å². The molecule has 2 rings (SSSR count). The number of ether oxygens (including phenoxy) is 1. The molecule has 0 saturated heterocycles. The van der Waals surface area contributed by atoms with Crippen LogP contribution in [0.5, 0.6) is 0 Å². The second kappa shape index (κ2) is 7.07. The van der Waals surface area contributed by atoms with Crippen LogP contribution in [0.1, 0.15) is 6.42 Å². The van der Waals surface area contributed by atoms with Crippen molar-refractivity contribution in [2.75, 3.05) is 25.6 Å². The molecule has 4 nitrogen and oxygen atoms in total. The van der Waals surface area contributed by atoms with Crippen LogP contribution in [0.2, 0.25) is 5.02 Å². The smallest absolute Gasteiger partial charge is 0.148 e. The highest BCUT2D eigenvalue weighted by molar-refractivity contribution is 6.30. The van der Waals surface area contributed by atoms with Crippen LogP contribution in [0.15, 0.2) is 36.4 Å². The highest BCUT2D eigenvalue weighted by atomic mass is 35.5. The number of hydrogen-bond donors (Lipinski definition) is 1. The molecular formula is C14H16ClN3O. The first kappa shape index (κ1) is 13.8. The van der Waals surface area contributed by atoms with E-state index < -0.39 is 0 Å². The van der Waals surface area contributed by atoms with E-state index in [-0.39, 0.29) is 0 Å². The third kappa shape index (κ3) is 4.19. The van der Waals surface area contributed by atoms with Gasteiger partial charge in [0.2, 0.25) is 0 Å². The maximum atomic E-state index is 5.85. The van der Waals surface area contributed by atoms with Gasteiger partial charge in [0.15, 0.2) is 0 Å². The molecule has 0 aliphatic heterocycles. The average molecular weight is 278 g/mol. The molecule has 0 unspecified atom stereocenters. The molecule has 1 aromatic carbocycles. The lowest BCUT2D eigenvalue weighted by Gasteiger charge is -2.05. The fourth-order valence-electron chi connectivity index (χ4n) is 1.63. The molecule has 1 N–H and O–H groups in total. The van der Waals surface area contributed by atoms with Gasteiger partial charge in [0.25, 0.3) is 0 Å². The van der Waals surface area contributed by atoms with Crippen LogP contribution in [0.3, 0.4) is 0 Å². The van der Waals surface area contributed by atoms with Gasteiger partial charge < -0.3 is 10.1 Å². The third-order valence-corrected chi connectivity index (χ3v) is 2.89. The Balaban J connectivity index is 1.96. The standard InChI is InChI=1S/C14H16ClN3O/c1-19-10-2-9-16-14-8-7-13(17-18-14)11-3-5-12(15)6-4-11/h3-8H,2,9-10H2,1H3,(H,16,18).